The average Bonchev–Trinajstić information content (AvgIpc) is 2.52. The van der Waals surface area contributed by atoms with Gasteiger partial charge in [0.25, 0.3) is 0 Å². The first-order chi connectivity index (χ1) is 12.3. The van der Waals surface area contributed by atoms with Crippen LogP contribution in [0.1, 0.15) is 18.9 Å². The Morgan fingerprint density at radius 2 is 1.29 bits per heavy atom. The number of ether oxygens (including phenoxy) is 1. The van der Waals surface area contributed by atoms with Gasteiger partial charge in [0.2, 0.25) is 0 Å². The molecule has 0 fully saturated rings. The van der Waals surface area contributed by atoms with Gasteiger partial charge in [-0.15, -0.1) is 0 Å². The van der Waals surface area contributed by atoms with E-state index in [0.717, 1.165) is 18.2 Å². The van der Waals surface area contributed by atoms with E-state index in [9.17, 15) is 52.7 Å². The molecule has 0 aliphatic heterocycles. The van der Waals surface area contributed by atoms with Crippen LogP contribution in [0.15, 0.2) is 24.3 Å². The predicted octanol–water partition coefficient (Wildman–Crippen LogP) is 6.18. The van der Waals surface area contributed by atoms with Crippen LogP contribution in [-0.4, -0.2) is 37.0 Å². The van der Waals surface area contributed by atoms with Crippen molar-refractivity contribution in [2.45, 2.75) is 48.8 Å². The van der Waals surface area contributed by atoms with E-state index < -0.39 is 53.3 Å². The molecule has 1 unspecified atom stereocenters. The molecule has 0 aliphatic rings. The Labute approximate surface area is 150 Å². The second kappa shape index (κ2) is 6.99. The molecule has 162 valence electrons. The molecular formula is C15H12F12O. The standard InChI is InChI=1S/C15H12F12O/c1-10(28-2,8-4-3-5-9(16)6-8)7-11(17,18)12(19,20)13(21,22)14(23,24)15(25,26)27/h3-6H,7H2,1-2H3. The van der Waals surface area contributed by atoms with Crippen LogP contribution in [0.4, 0.5) is 52.7 Å². The summed E-state index contributed by atoms with van der Waals surface area (Å²) >= 11 is 0. The normalized spacial score (nSPS) is 16.8. The lowest BCUT2D eigenvalue weighted by Gasteiger charge is -2.40. The monoisotopic (exact) mass is 436 g/mol. The maximum Gasteiger partial charge on any atom is 0.460 e. The van der Waals surface area contributed by atoms with Gasteiger partial charge in [-0.05, 0) is 24.6 Å². The van der Waals surface area contributed by atoms with E-state index in [1.54, 1.807) is 0 Å². The van der Waals surface area contributed by atoms with Gasteiger partial charge in [-0.25, -0.2) is 4.39 Å². The van der Waals surface area contributed by atoms with Gasteiger partial charge < -0.3 is 4.74 Å². The molecule has 0 N–H and O–H groups in total. The van der Waals surface area contributed by atoms with E-state index in [4.69, 9.17) is 0 Å². The molecule has 1 aromatic carbocycles. The zero-order valence-corrected chi connectivity index (χ0v) is 14.0. The molecule has 1 atom stereocenters. The molecule has 0 amide bonds. The number of halogens is 12. The van der Waals surface area contributed by atoms with Crippen molar-refractivity contribution in [2.24, 2.45) is 0 Å². The molecule has 0 aliphatic carbocycles. The van der Waals surface area contributed by atoms with Gasteiger partial charge >= 0.3 is 29.9 Å². The van der Waals surface area contributed by atoms with Crippen molar-refractivity contribution in [1.29, 1.82) is 0 Å². The average molecular weight is 436 g/mol. The molecule has 0 radical (unpaired) electrons. The molecule has 0 saturated carbocycles. The maximum absolute atomic E-state index is 14.0. The van der Waals surface area contributed by atoms with Gasteiger partial charge in [0.15, 0.2) is 0 Å². The van der Waals surface area contributed by atoms with Gasteiger partial charge in [-0.1, -0.05) is 12.1 Å². The van der Waals surface area contributed by atoms with Gasteiger partial charge in [0.1, 0.15) is 5.82 Å². The van der Waals surface area contributed by atoms with Crippen LogP contribution in [0.25, 0.3) is 0 Å². The summed E-state index contributed by atoms with van der Waals surface area (Å²) in [5.41, 5.74) is -3.21. The van der Waals surface area contributed by atoms with E-state index in [1.807, 2.05) is 0 Å². The predicted molar refractivity (Wildman–Crippen MR) is 71.2 cm³/mol. The third-order valence-electron chi connectivity index (χ3n) is 4.05. The Balaban J connectivity index is 3.43. The second-order valence-electron chi connectivity index (χ2n) is 6.05. The summed E-state index contributed by atoms with van der Waals surface area (Å²) in [5.74, 6) is -29.3. The SMILES string of the molecule is COC(C)(CC(F)(F)C(F)(F)C(F)(F)C(F)(F)C(F)(F)F)c1cccc(F)c1. The molecule has 0 spiro atoms. The van der Waals surface area contributed by atoms with Gasteiger partial charge in [0, 0.05) is 7.11 Å². The zero-order chi connectivity index (χ0) is 22.4. The third-order valence-corrected chi connectivity index (χ3v) is 4.05. The Morgan fingerprint density at radius 1 is 0.786 bits per heavy atom. The topological polar surface area (TPSA) is 9.23 Å². The first kappa shape index (κ1) is 24.4. The van der Waals surface area contributed by atoms with Crippen molar-refractivity contribution in [3.8, 4) is 0 Å². The van der Waals surface area contributed by atoms with Crippen molar-refractivity contribution in [3.63, 3.8) is 0 Å². The fraction of sp³-hybridized carbons (Fsp3) is 0.600. The Hall–Kier alpha value is -1.66. The van der Waals surface area contributed by atoms with Gasteiger partial charge in [-0.2, -0.15) is 48.3 Å². The summed E-state index contributed by atoms with van der Waals surface area (Å²) < 4.78 is 162. The van der Waals surface area contributed by atoms with E-state index in [1.165, 1.54) is 0 Å². The van der Waals surface area contributed by atoms with Crippen LogP contribution in [0.3, 0.4) is 0 Å². The molecule has 1 nitrogen and oxygen atoms in total. The maximum atomic E-state index is 14.0. The highest BCUT2D eigenvalue weighted by Crippen LogP contribution is 2.59. The number of benzene rings is 1. The Kier molecular flexibility index (Phi) is 6.09. The number of rotatable bonds is 7. The summed E-state index contributed by atoms with van der Waals surface area (Å²) in [6.07, 6.45) is -9.69. The number of methoxy groups -OCH3 is 1. The second-order valence-corrected chi connectivity index (χ2v) is 6.05. The van der Waals surface area contributed by atoms with Crippen molar-refractivity contribution >= 4 is 0 Å². The summed E-state index contributed by atoms with van der Waals surface area (Å²) in [5, 5.41) is 0. The lowest BCUT2D eigenvalue weighted by atomic mass is 9.85. The quantitative estimate of drug-likeness (QED) is 0.464. The Morgan fingerprint density at radius 3 is 1.68 bits per heavy atom. The van der Waals surface area contributed by atoms with Crippen LogP contribution < -0.4 is 0 Å². The zero-order valence-electron chi connectivity index (χ0n) is 14.0. The number of hydrogen-bond donors (Lipinski definition) is 0. The Bertz CT molecular complexity index is 697. The number of hydrogen-bond acceptors (Lipinski definition) is 1. The summed E-state index contributed by atoms with van der Waals surface area (Å²) in [6, 6.07) is 3.12. The minimum atomic E-state index is -7.50. The van der Waals surface area contributed by atoms with Crippen LogP contribution in [-0.2, 0) is 10.3 Å². The molecule has 0 heterocycles. The van der Waals surface area contributed by atoms with Crippen molar-refractivity contribution in [1.82, 2.24) is 0 Å². The van der Waals surface area contributed by atoms with E-state index in [2.05, 4.69) is 4.74 Å². The molecular weight excluding hydrogens is 424 g/mol. The number of alkyl halides is 11. The smallest absolute Gasteiger partial charge is 0.374 e. The summed E-state index contributed by atoms with van der Waals surface area (Å²) in [6.45, 7) is 0.617. The molecule has 0 bridgehead atoms. The first-order valence-corrected chi connectivity index (χ1v) is 7.16. The van der Waals surface area contributed by atoms with E-state index >= 15 is 0 Å². The minimum absolute atomic E-state index is 0.514. The lowest BCUT2D eigenvalue weighted by Crippen LogP contribution is -2.67. The third kappa shape index (κ3) is 3.77. The van der Waals surface area contributed by atoms with Crippen LogP contribution in [0, 0.1) is 5.82 Å². The molecule has 28 heavy (non-hydrogen) atoms. The van der Waals surface area contributed by atoms with Crippen molar-refractivity contribution in [3.05, 3.63) is 35.6 Å². The molecule has 1 rings (SSSR count). The van der Waals surface area contributed by atoms with Gasteiger partial charge in [0.05, 0.1) is 12.0 Å². The first-order valence-electron chi connectivity index (χ1n) is 7.16. The van der Waals surface area contributed by atoms with E-state index in [-0.39, 0.29) is 0 Å². The summed E-state index contributed by atoms with van der Waals surface area (Å²) in [7, 11) is 0.640. The largest absolute Gasteiger partial charge is 0.460 e. The highest BCUT2D eigenvalue weighted by atomic mass is 19.4. The van der Waals surface area contributed by atoms with E-state index in [0.29, 0.717) is 20.1 Å². The molecule has 0 saturated heterocycles. The molecule has 13 heteroatoms. The molecule has 1 aromatic rings. The lowest BCUT2D eigenvalue weighted by molar-refractivity contribution is -0.424. The fourth-order valence-electron chi connectivity index (χ4n) is 2.25. The minimum Gasteiger partial charge on any atom is -0.374 e. The van der Waals surface area contributed by atoms with Crippen LogP contribution >= 0.6 is 0 Å². The molecule has 0 aromatic heterocycles. The van der Waals surface area contributed by atoms with Crippen LogP contribution in [0.5, 0.6) is 0 Å². The van der Waals surface area contributed by atoms with Crippen molar-refractivity contribution in [2.75, 3.05) is 7.11 Å². The van der Waals surface area contributed by atoms with Crippen molar-refractivity contribution < 1.29 is 57.4 Å². The van der Waals surface area contributed by atoms with Gasteiger partial charge in [-0.3, -0.25) is 0 Å². The van der Waals surface area contributed by atoms with Crippen LogP contribution in [0.2, 0.25) is 0 Å². The fourth-order valence-corrected chi connectivity index (χ4v) is 2.25. The highest BCUT2D eigenvalue weighted by molar-refractivity contribution is 5.24. The summed E-state index contributed by atoms with van der Waals surface area (Å²) in [4.78, 5) is 0. The highest BCUT2D eigenvalue weighted by Gasteiger charge is 2.87.